The molecule has 0 unspecified atom stereocenters. The van der Waals surface area contributed by atoms with E-state index >= 15 is 0 Å². The van der Waals surface area contributed by atoms with Crippen LogP contribution in [0.4, 0.5) is 0 Å². The van der Waals surface area contributed by atoms with Gasteiger partial charge in [-0.3, -0.25) is 4.79 Å². The van der Waals surface area contributed by atoms with E-state index in [4.69, 9.17) is 10.5 Å². The molecule has 1 amide bonds. The molecular weight excluding hydrogens is 387 g/mol. The third kappa shape index (κ3) is 5.45. The summed E-state index contributed by atoms with van der Waals surface area (Å²) in [6.07, 6.45) is 5.10. The lowest BCUT2D eigenvalue weighted by atomic mass is 9.79. The molecule has 150 valence electrons. The number of carbonyl (C=O) groups excluding carboxylic acids is 1. The quantitative estimate of drug-likeness (QED) is 0.787. The van der Waals surface area contributed by atoms with E-state index in [0.29, 0.717) is 39.1 Å². The Labute approximate surface area is 172 Å². The Hall–Kier alpha value is -1.60. The monoisotopic (exact) mass is 414 g/mol. The van der Waals surface area contributed by atoms with Gasteiger partial charge in [0.1, 0.15) is 5.82 Å². The smallest absolute Gasteiger partial charge is 0.230 e. The van der Waals surface area contributed by atoms with Gasteiger partial charge in [0.05, 0.1) is 12.0 Å². The second-order valence-corrected chi connectivity index (χ2v) is 6.72. The summed E-state index contributed by atoms with van der Waals surface area (Å²) in [5.41, 5.74) is 6.67. The van der Waals surface area contributed by atoms with Crippen molar-refractivity contribution in [3.63, 3.8) is 0 Å². The Kier molecular flexibility index (Phi) is 9.26. The van der Waals surface area contributed by atoms with Gasteiger partial charge in [-0.05, 0) is 18.4 Å². The van der Waals surface area contributed by atoms with Crippen molar-refractivity contribution < 1.29 is 9.53 Å². The third-order valence-electron chi connectivity index (χ3n) is 5.02. The first-order chi connectivity index (χ1) is 12.1. The molecule has 0 atom stereocenters. The van der Waals surface area contributed by atoms with Crippen LogP contribution < -0.4 is 5.73 Å². The number of halogens is 2. The maximum absolute atomic E-state index is 13.0. The highest BCUT2D eigenvalue weighted by molar-refractivity contribution is 5.85. The van der Waals surface area contributed by atoms with Crippen LogP contribution in [-0.4, -0.2) is 47.2 Å². The van der Waals surface area contributed by atoms with Gasteiger partial charge in [0.15, 0.2) is 0 Å². The average molecular weight is 415 g/mol. The highest BCUT2D eigenvalue weighted by atomic mass is 35.5. The zero-order valence-electron chi connectivity index (χ0n) is 15.5. The molecule has 0 radical (unpaired) electrons. The van der Waals surface area contributed by atoms with Gasteiger partial charge in [0.2, 0.25) is 5.91 Å². The number of carbonyl (C=O) groups is 1. The summed E-state index contributed by atoms with van der Waals surface area (Å²) in [6, 6.07) is 10.2. The topological polar surface area (TPSA) is 73.4 Å². The van der Waals surface area contributed by atoms with Crippen LogP contribution in [0.25, 0.3) is 0 Å². The van der Waals surface area contributed by atoms with Crippen LogP contribution in [-0.2, 0) is 22.6 Å². The molecule has 1 aliphatic heterocycles. The van der Waals surface area contributed by atoms with E-state index in [1.807, 2.05) is 31.4 Å². The Morgan fingerprint density at radius 3 is 2.56 bits per heavy atom. The first-order valence-corrected chi connectivity index (χ1v) is 8.72. The van der Waals surface area contributed by atoms with Crippen LogP contribution in [0.5, 0.6) is 0 Å². The fourth-order valence-electron chi connectivity index (χ4n) is 3.37. The summed E-state index contributed by atoms with van der Waals surface area (Å²) in [6.45, 7) is 2.77. The fraction of sp³-hybridized carbons (Fsp3) is 0.474. The third-order valence-corrected chi connectivity index (χ3v) is 5.02. The van der Waals surface area contributed by atoms with Crippen LogP contribution in [0.15, 0.2) is 42.7 Å². The fourth-order valence-corrected chi connectivity index (χ4v) is 3.37. The molecular formula is C19H28Cl2N4O2. The van der Waals surface area contributed by atoms with Crippen molar-refractivity contribution in [3.05, 3.63) is 54.1 Å². The predicted molar refractivity (Wildman–Crippen MR) is 110 cm³/mol. The van der Waals surface area contributed by atoms with E-state index in [9.17, 15) is 4.79 Å². The van der Waals surface area contributed by atoms with E-state index < -0.39 is 5.41 Å². The number of benzene rings is 1. The summed E-state index contributed by atoms with van der Waals surface area (Å²) in [5, 5.41) is 0. The minimum atomic E-state index is -0.496. The number of imidazole rings is 1. The summed E-state index contributed by atoms with van der Waals surface area (Å²) < 4.78 is 7.49. The van der Waals surface area contributed by atoms with Crippen molar-refractivity contribution in [1.29, 1.82) is 0 Å². The van der Waals surface area contributed by atoms with Crippen molar-refractivity contribution >= 4 is 30.7 Å². The number of amides is 1. The number of ether oxygens (including phenoxy) is 1. The molecule has 0 spiro atoms. The zero-order chi connectivity index (χ0) is 17.7. The van der Waals surface area contributed by atoms with Crippen LogP contribution in [0.1, 0.15) is 24.2 Å². The number of hydrogen-bond donors (Lipinski definition) is 1. The molecule has 3 rings (SSSR count). The number of rotatable bonds is 6. The van der Waals surface area contributed by atoms with Gasteiger partial charge in [0.25, 0.3) is 0 Å². The summed E-state index contributed by atoms with van der Waals surface area (Å²) in [7, 11) is 1.83. The van der Waals surface area contributed by atoms with E-state index in [1.54, 1.807) is 11.1 Å². The van der Waals surface area contributed by atoms with Gasteiger partial charge in [-0.2, -0.15) is 0 Å². The molecule has 1 aromatic heterocycles. The molecule has 8 heteroatoms. The normalized spacial score (nSPS) is 15.3. The molecule has 2 N–H and O–H groups in total. The summed E-state index contributed by atoms with van der Waals surface area (Å²) >= 11 is 0. The molecule has 0 bridgehead atoms. The lowest BCUT2D eigenvalue weighted by molar-refractivity contribution is -0.146. The van der Waals surface area contributed by atoms with Crippen molar-refractivity contribution in [2.24, 2.45) is 11.1 Å². The van der Waals surface area contributed by atoms with Crippen molar-refractivity contribution in [1.82, 2.24) is 14.5 Å². The molecule has 2 heterocycles. The van der Waals surface area contributed by atoms with E-state index in [2.05, 4.69) is 21.7 Å². The average Bonchev–Trinajstić information content (AvgIpc) is 3.09. The molecule has 1 aromatic carbocycles. The number of aromatic nitrogens is 2. The van der Waals surface area contributed by atoms with Crippen LogP contribution in [0.3, 0.4) is 0 Å². The molecule has 0 aliphatic carbocycles. The van der Waals surface area contributed by atoms with E-state index in [0.717, 1.165) is 12.4 Å². The molecule has 1 aliphatic rings. The second-order valence-electron chi connectivity index (χ2n) is 6.72. The zero-order valence-corrected chi connectivity index (χ0v) is 17.2. The Morgan fingerprint density at radius 2 is 1.93 bits per heavy atom. The molecule has 1 fully saturated rings. The highest BCUT2D eigenvalue weighted by Gasteiger charge is 2.40. The maximum Gasteiger partial charge on any atom is 0.230 e. The number of nitrogens with two attached hydrogens (primary N) is 1. The minimum absolute atomic E-state index is 0. The van der Waals surface area contributed by atoms with Gasteiger partial charge in [0, 0.05) is 45.7 Å². The molecule has 6 nitrogen and oxygen atoms in total. The molecule has 1 saturated heterocycles. The number of nitrogens with zero attached hydrogens (tertiary/aromatic N) is 3. The van der Waals surface area contributed by atoms with Crippen LogP contribution in [0.2, 0.25) is 0 Å². The Balaban J connectivity index is 0.00000182. The van der Waals surface area contributed by atoms with Crippen molar-refractivity contribution in [2.75, 3.05) is 26.8 Å². The Morgan fingerprint density at radius 1 is 1.26 bits per heavy atom. The van der Waals surface area contributed by atoms with E-state index in [1.165, 1.54) is 5.56 Å². The summed E-state index contributed by atoms with van der Waals surface area (Å²) in [5.74, 6) is 0.964. The Bertz CT molecular complexity index is 703. The summed E-state index contributed by atoms with van der Waals surface area (Å²) in [4.78, 5) is 19.2. The van der Waals surface area contributed by atoms with Crippen LogP contribution in [0, 0.1) is 5.41 Å². The lowest BCUT2D eigenvalue weighted by Crippen LogP contribution is -2.49. The van der Waals surface area contributed by atoms with Crippen molar-refractivity contribution in [3.8, 4) is 0 Å². The predicted octanol–water partition coefficient (Wildman–Crippen LogP) is 2.49. The first kappa shape index (κ1) is 23.4. The van der Waals surface area contributed by atoms with Crippen molar-refractivity contribution in [2.45, 2.75) is 25.9 Å². The van der Waals surface area contributed by atoms with Gasteiger partial charge in [-0.15, -0.1) is 24.8 Å². The molecule has 2 aromatic rings. The lowest BCUT2D eigenvalue weighted by Gasteiger charge is -2.37. The van der Waals surface area contributed by atoms with Gasteiger partial charge >= 0.3 is 0 Å². The number of hydrogen-bond acceptors (Lipinski definition) is 4. The largest absolute Gasteiger partial charge is 0.381 e. The van der Waals surface area contributed by atoms with Gasteiger partial charge < -0.3 is 19.9 Å². The molecule has 0 saturated carbocycles. The van der Waals surface area contributed by atoms with Crippen LogP contribution >= 0.6 is 24.8 Å². The standard InChI is InChI=1S/C19H26N4O2.2ClH/c1-22(18(24)19(15-20)7-11-25-12-8-19)14-17-21-9-10-23(17)13-16-5-3-2-4-6-16;;/h2-6,9-10H,7-8,11-15,20H2,1H3;2*1H. The minimum Gasteiger partial charge on any atom is -0.381 e. The first-order valence-electron chi connectivity index (χ1n) is 8.72. The second kappa shape index (κ2) is 10.7. The molecule has 27 heavy (non-hydrogen) atoms. The highest BCUT2D eigenvalue weighted by Crippen LogP contribution is 2.31. The van der Waals surface area contributed by atoms with E-state index in [-0.39, 0.29) is 30.7 Å². The van der Waals surface area contributed by atoms with Gasteiger partial charge in [-0.1, -0.05) is 30.3 Å². The maximum atomic E-state index is 13.0. The SMILES string of the molecule is CN(Cc1nccn1Cc1ccccc1)C(=O)C1(CN)CCOCC1.Cl.Cl. The van der Waals surface area contributed by atoms with Gasteiger partial charge in [-0.25, -0.2) is 4.98 Å².